The Morgan fingerprint density at radius 3 is 2.77 bits per heavy atom. The minimum atomic E-state index is -0.252. The summed E-state index contributed by atoms with van der Waals surface area (Å²) in [7, 11) is 4.76. The van der Waals surface area contributed by atoms with Gasteiger partial charge in [-0.05, 0) is 18.6 Å². The number of carbonyl (C=O) groups is 1. The first kappa shape index (κ1) is 17.9. The molecule has 7 nitrogen and oxygen atoms in total. The number of thiophene rings is 1. The highest BCUT2D eigenvalue weighted by atomic mass is 32.1. The van der Waals surface area contributed by atoms with E-state index in [9.17, 15) is 9.59 Å². The van der Waals surface area contributed by atoms with Crippen LogP contribution in [0.3, 0.4) is 0 Å². The van der Waals surface area contributed by atoms with Crippen LogP contribution in [0.2, 0.25) is 0 Å². The van der Waals surface area contributed by atoms with E-state index in [0.29, 0.717) is 32.2 Å². The topological polar surface area (TPSA) is 82.5 Å². The number of methoxy groups -OCH3 is 2. The van der Waals surface area contributed by atoms with Crippen LogP contribution in [0.5, 0.6) is 11.5 Å². The summed E-state index contributed by atoms with van der Waals surface area (Å²) in [6.07, 6.45) is 1.46. The van der Waals surface area contributed by atoms with Crippen molar-refractivity contribution in [3.63, 3.8) is 0 Å². The van der Waals surface area contributed by atoms with Crippen LogP contribution in [0.25, 0.3) is 10.2 Å². The predicted molar refractivity (Wildman–Crippen MR) is 100 cm³/mol. The van der Waals surface area contributed by atoms with Crippen molar-refractivity contribution in [1.82, 2.24) is 14.9 Å². The van der Waals surface area contributed by atoms with Crippen molar-refractivity contribution < 1.29 is 14.3 Å². The number of aryl methyl sites for hydroxylation is 2. The molecule has 0 unspecified atom stereocenters. The number of nitrogens with one attached hydrogen (secondary N) is 1. The molecule has 3 aromatic rings. The fourth-order valence-electron chi connectivity index (χ4n) is 2.77. The molecule has 0 aliphatic rings. The third-order valence-electron chi connectivity index (χ3n) is 4.14. The number of rotatable bonds is 5. The van der Waals surface area contributed by atoms with Crippen molar-refractivity contribution in [2.24, 2.45) is 7.05 Å². The molecule has 0 bridgehead atoms. The van der Waals surface area contributed by atoms with Gasteiger partial charge in [0.05, 0.1) is 30.8 Å². The number of ether oxygens (including phenoxy) is 2. The Morgan fingerprint density at radius 1 is 1.31 bits per heavy atom. The van der Waals surface area contributed by atoms with Gasteiger partial charge in [0.1, 0.15) is 4.83 Å². The quantitative estimate of drug-likeness (QED) is 0.742. The number of amides is 1. The van der Waals surface area contributed by atoms with Crippen LogP contribution in [-0.4, -0.2) is 29.7 Å². The van der Waals surface area contributed by atoms with Crippen molar-refractivity contribution >= 4 is 27.5 Å². The van der Waals surface area contributed by atoms with Gasteiger partial charge >= 0.3 is 0 Å². The lowest BCUT2D eigenvalue weighted by Crippen LogP contribution is -2.23. The minimum Gasteiger partial charge on any atom is -0.493 e. The Hall–Kier alpha value is -2.87. The second kappa shape index (κ2) is 7.17. The molecule has 0 saturated heterocycles. The maximum atomic E-state index is 12.6. The average molecular weight is 373 g/mol. The van der Waals surface area contributed by atoms with Crippen LogP contribution in [0.15, 0.2) is 29.3 Å². The molecule has 3 rings (SSSR count). The molecule has 0 aliphatic heterocycles. The third-order valence-corrected chi connectivity index (χ3v) is 5.34. The molecule has 0 fully saturated rings. The van der Waals surface area contributed by atoms with Gasteiger partial charge in [-0.2, -0.15) is 0 Å². The van der Waals surface area contributed by atoms with Crippen LogP contribution < -0.4 is 20.3 Å². The van der Waals surface area contributed by atoms with Gasteiger partial charge in [0.2, 0.25) is 0 Å². The molecule has 0 radical (unpaired) electrons. The molecule has 0 spiro atoms. The Labute approximate surface area is 154 Å². The Balaban J connectivity index is 1.88. The van der Waals surface area contributed by atoms with Crippen molar-refractivity contribution in [3.8, 4) is 11.5 Å². The second-order valence-electron chi connectivity index (χ2n) is 5.73. The van der Waals surface area contributed by atoms with E-state index in [2.05, 4.69) is 10.3 Å². The van der Waals surface area contributed by atoms with Gasteiger partial charge in [-0.25, -0.2) is 4.98 Å². The van der Waals surface area contributed by atoms with E-state index in [1.807, 2.05) is 12.1 Å². The molecule has 0 saturated carbocycles. The number of para-hydroxylation sites is 1. The molecule has 2 aromatic heterocycles. The summed E-state index contributed by atoms with van der Waals surface area (Å²) in [6.45, 7) is 2.04. The summed E-state index contributed by atoms with van der Waals surface area (Å²) >= 11 is 1.22. The summed E-state index contributed by atoms with van der Waals surface area (Å²) in [5.41, 5.74) is 1.29. The fraction of sp³-hybridized carbons (Fsp3) is 0.278. The standard InChI is InChI=1S/C18H19N3O4S/c1-10-13-17(20-9-21(2)18(13)23)26-15(10)16(22)19-8-11-6-5-7-12(24-3)14(11)25-4/h5-7,9H,8H2,1-4H3,(H,19,22). The predicted octanol–water partition coefficient (Wildman–Crippen LogP) is 2.25. The monoisotopic (exact) mass is 373 g/mol. The first-order chi connectivity index (χ1) is 12.5. The largest absolute Gasteiger partial charge is 0.493 e. The van der Waals surface area contributed by atoms with Gasteiger partial charge in [0.25, 0.3) is 11.5 Å². The second-order valence-corrected chi connectivity index (χ2v) is 6.73. The Morgan fingerprint density at radius 2 is 2.08 bits per heavy atom. The molecule has 2 heterocycles. The van der Waals surface area contributed by atoms with E-state index in [4.69, 9.17) is 9.47 Å². The zero-order chi connectivity index (χ0) is 18.8. The van der Waals surface area contributed by atoms with Crippen molar-refractivity contribution in [3.05, 3.63) is 50.9 Å². The number of hydrogen-bond acceptors (Lipinski definition) is 6. The van der Waals surface area contributed by atoms with Crippen molar-refractivity contribution in [2.75, 3.05) is 14.2 Å². The Kier molecular flexibility index (Phi) is 4.94. The SMILES string of the molecule is COc1cccc(CNC(=O)c2sc3ncn(C)c(=O)c3c2C)c1OC. The van der Waals surface area contributed by atoms with Gasteiger partial charge in [0.15, 0.2) is 11.5 Å². The molecule has 1 N–H and O–H groups in total. The van der Waals surface area contributed by atoms with Crippen LogP contribution in [-0.2, 0) is 13.6 Å². The lowest BCUT2D eigenvalue weighted by Gasteiger charge is -2.13. The number of fused-ring (bicyclic) bond motifs is 1. The Bertz CT molecular complexity index is 1040. The lowest BCUT2D eigenvalue weighted by molar-refractivity contribution is 0.0954. The molecule has 1 amide bonds. The maximum absolute atomic E-state index is 12.6. The normalized spacial score (nSPS) is 10.8. The fourth-order valence-corrected chi connectivity index (χ4v) is 3.83. The third kappa shape index (κ3) is 3.03. The molecule has 0 atom stereocenters. The molecule has 8 heteroatoms. The molecular weight excluding hydrogens is 354 g/mol. The zero-order valence-corrected chi connectivity index (χ0v) is 15.8. The zero-order valence-electron chi connectivity index (χ0n) is 15.0. The van der Waals surface area contributed by atoms with Gasteiger partial charge in [-0.15, -0.1) is 11.3 Å². The van der Waals surface area contributed by atoms with E-state index in [0.717, 1.165) is 5.56 Å². The summed E-state index contributed by atoms with van der Waals surface area (Å²) < 4.78 is 12.1. The number of aromatic nitrogens is 2. The number of benzene rings is 1. The van der Waals surface area contributed by atoms with Crippen LogP contribution >= 0.6 is 11.3 Å². The maximum Gasteiger partial charge on any atom is 0.262 e. The first-order valence-electron chi connectivity index (χ1n) is 7.90. The van der Waals surface area contributed by atoms with Gasteiger partial charge in [0, 0.05) is 19.2 Å². The summed E-state index contributed by atoms with van der Waals surface area (Å²) in [4.78, 5) is 30.2. The summed E-state index contributed by atoms with van der Waals surface area (Å²) in [6, 6.07) is 5.49. The van der Waals surface area contributed by atoms with Crippen molar-refractivity contribution in [2.45, 2.75) is 13.5 Å². The first-order valence-corrected chi connectivity index (χ1v) is 8.72. The van der Waals surface area contributed by atoms with E-state index in [1.54, 1.807) is 34.3 Å². The minimum absolute atomic E-state index is 0.155. The van der Waals surface area contributed by atoms with E-state index in [1.165, 1.54) is 22.2 Å². The highest BCUT2D eigenvalue weighted by molar-refractivity contribution is 7.20. The number of carbonyl (C=O) groups excluding carboxylic acids is 1. The molecule has 26 heavy (non-hydrogen) atoms. The van der Waals surface area contributed by atoms with Gasteiger partial charge in [-0.3, -0.25) is 9.59 Å². The smallest absolute Gasteiger partial charge is 0.262 e. The highest BCUT2D eigenvalue weighted by Gasteiger charge is 2.19. The molecule has 1 aromatic carbocycles. The number of hydrogen-bond donors (Lipinski definition) is 1. The van der Waals surface area contributed by atoms with E-state index >= 15 is 0 Å². The van der Waals surface area contributed by atoms with E-state index < -0.39 is 0 Å². The van der Waals surface area contributed by atoms with Gasteiger partial charge < -0.3 is 19.4 Å². The molecule has 0 aliphatic carbocycles. The van der Waals surface area contributed by atoms with Crippen LogP contribution in [0.1, 0.15) is 20.8 Å². The van der Waals surface area contributed by atoms with Crippen molar-refractivity contribution in [1.29, 1.82) is 0 Å². The van der Waals surface area contributed by atoms with Gasteiger partial charge in [-0.1, -0.05) is 12.1 Å². The summed E-state index contributed by atoms with van der Waals surface area (Å²) in [5, 5.41) is 3.37. The average Bonchev–Trinajstić information content (AvgIpc) is 2.99. The summed E-state index contributed by atoms with van der Waals surface area (Å²) in [5.74, 6) is 0.932. The van der Waals surface area contributed by atoms with E-state index in [-0.39, 0.29) is 18.0 Å². The highest BCUT2D eigenvalue weighted by Crippen LogP contribution is 2.31. The molecule has 136 valence electrons. The van der Waals surface area contributed by atoms with Crippen LogP contribution in [0, 0.1) is 6.92 Å². The lowest BCUT2D eigenvalue weighted by atomic mass is 10.1. The number of nitrogens with zero attached hydrogens (tertiary/aromatic N) is 2. The van der Waals surface area contributed by atoms with Crippen LogP contribution in [0.4, 0.5) is 0 Å². The molecular formula is C18H19N3O4S.